The van der Waals surface area contributed by atoms with Crippen molar-refractivity contribution in [2.75, 3.05) is 57.4 Å². The van der Waals surface area contributed by atoms with Crippen LogP contribution in [0.3, 0.4) is 0 Å². The topological polar surface area (TPSA) is 81.2 Å². The minimum atomic E-state index is -0.249. The molecule has 1 aromatic heterocycles. The molecule has 0 unspecified atom stereocenters. The number of rotatable bonds is 7. The maximum absolute atomic E-state index is 13.9. The Morgan fingerprint density at radius 2 is 1.95 bits per heavy atom. The van der Waals surface area contributed by atoms with E-state index in [-0.39, 0.29) is 41.9 Å². The summed E-state index contributed by atoms with van der Waals surface area (Å²) in [4.78, 5) is 25.3. The van der Waals surface area contributed by atoms with E-state index < -0.39 is 0 Å². The summed E-state index contributed by atoms with van der Waals surface area (Å²) in [6.07, 6.45) is 2.36. The standard InChI is InChI=1S/C30H42FN5O3/c1-20-13-35(25(12-32-20)14-34-15-26(17-37)39-18-21(34)2)16-28(38)36-19-30(3,4)29-27(36)10-23(11-33-29)9-22-5-7-24(31)8-6-22/h5-8,10-11,20-21,25-26,32,37H,9,12-19H2,1-4H3/t20-,21-,25-,26-/m1/s1. The van der Waals surface area contributed by atoms with Crippen molar-refractivity contribution >= 4 is 11.6 Å². The van der Waals surface area contributed by atoms with Gasteiger partial charge in [0.05, 0.1) is 37.2 Å². The summed E-state index contributed by atoms with van der Waals surface area (Å²) in [6, 6.07) is 9.36. The van der Waals surface area contributed by atoms with E-state index in [4.69, 9.17) is 9.72 Å². The molecule has 2 aromatic rings. The first-order valence-electron chi connectivity index (χ1n) is 14.1. The number of halogens is 1. The van der Waals surface area contributed by atoms with Crippen LogP contribution in [0.2, 0.25) is 0 Å². The van der Waals surface area contributed by atoms with Crippen LogP contribution in [-0.2, 0) is 21.4 Å². The Morgan fingerprint density at radius 3 is 2.69 bits per heavy atom. The summed E-state index contributed by atoms with van der Waals surface area (Å²) >= 11 is 0. The summed E-state index contributed by atoms with van der Waals surface area (Å²) in [5.74, 6) is -0.161. The van der Waals surface area contributed by atoms with Crippen LogP contribution in [0.1, 0.15) is 44.5 Å². The van der Waals surface area contributed by atoms with Gasteiger partial charge < -0.3 is 20.1 Å². The predicted molar refractivity (Wildman–Crippen MR) is 150 cm³/mol. The first-order valence-corrected chi connectivity index (χ1v) is 14.1. The Hall–Kier alpha value is -2.43. The Balaban J connectivity index is 1.32. The van der Waals surface area contributed by atoms with E-state index in [1.807, 2.05) is 11.1 Å². The van der Waals surface area contributed by atoms with Crippen LogP contribution in [0, 0.1) is 5.82 Å². The number of carbonyl (C=O) groups is 1. The first kappa shape index (κ1) is 28.1. The molecule has 4 atom stereocenters. The number of amides is 1. The Kier molecular flexibility index (Phi) is 8.35. The van der Waals surface area contributed by atoms with E-state index in [2.05, 4.69) is 48.9 Å². The van der Waals surface area contributed by atoms with Gasteiger partial charge in [-0.2, -0.15) is 0 Å². The minimum absolute atomic E-state index is 0.0205. The first-order chi connectivity index (χ1) is 18.6. The molecular weight excluding hydrogens is 497 g/mol. The van der Waals surface area contributed by atoms with Gasteiger partial charge in [0.15, 0.2) is 0 Å². The number of aliphatic hydroxyl groups is 1. The highest BCUT2D eigenvalue weighted by Crippen LogP contribution is 2.39. The van der Waals surface area contributed by atoms with Gasteiger partial charge in [-0.1, -0.05) is 26.0 Å². The molecule has 39 heavy (non-hydrogen) atoms. The van der Waals surface area contributed by atoms with Crippen molar-refractivity contribution in [3.63, 3.8) is 0 Å². The number of carbonyl (C=O) groups excluding carboxylic acids is 1. The minimum Gasteiger partial charge on any atom is -0.394 e. The highest BCUT2D eigenvalue weighted by molar-refractivity contribution is 5.97. The molecule has 0 bridgehead atoms. The number of anilines is 1. The van der Waals surface area contributed by atoms with Crippen LogP contribution in [-0.4, -0.2) is 103 Å². The average Bonchev–Trinajstić information content (AvgIpc) is 3.18. The number of nitrogens with zero attached hydrogens (tertiary/aromatic N) is 4. The average molecular weight is 540 g/mol. The number of benzene rings is 1. The maximum atomic E-state index is 13.9. The number of hydrogen-bond donors (Lipinski definition) is 2. The highest BCUT2D eigenvalue weighted by Gasteiger charge is 2.41. The normalized spacial score (nSPS) is 27.5. The number of piperazine rings is 1. The molecule has 0 aliphatic carbocycles. The van der Waals surface area contributed by atoms with E-state index in [1.165, 1.54) is 12.1 Å². The van der Waals surface area contributed by atoms with Crippen molar-refractivity contribution in [3.8, 4) is 0 Å². The molecule has 8 nitrogen and oxygen atoms in total. The number of morpholine rings is 1. The van der Waals surface area contributed by atoms with Crippen molar-refractivity contribution in [1.82, 2.24) is 20.1 Å². The molecule has 1 aromatic carbocycles. The van der Waals surface area contributed by atoms with Crippen LogP contribution in [0.5, 0.6) is 0 Å². The maximum Gasteiger partial charge on any atom is 0.241 e. The third-order valence-corrected chi connectivity index (χ3v) is 8.38. The van der Waals surface area contributed by atoms with Gasteiger partial charge in [0.25, 0.3) is 0 Å². The SMILES string of the molecule is C[C@@H]1CN(CC(=O)N2CC(C)(C)c3ncc(Cc4ccc(F)cc4)cc32)[C@@H](CN2C[C@H](CO)OC[C@H]2C)CN1. The van der Waals surface area contributed by atoms with Crippen molar-refractivity contribution in [2.24, 2.45) is 0 Å². The number of aliphatic hydroxyl groups excluding tert-OH is 1. The highest BCUT2D eigenvalue weighted by atomic mass is 19.1. The zero-order valence-corrected chi connectivity index (χ0v) is 23.6. The van der Waals surface area contributed by atoms with Gasteiger partial charge in [0, 0.05) is 62.5 Å². The number of nitrogens with one attached hydrogen (secondary N) is 1. The lowest BCUT2D eigenvalue weighted by Gasteiger charge is -2.45. The van der Waals surface area contributed by atoms with Gasteiger partial charge in [0.1, 0.15) is 5.82 Å². The van der Waals surface area contributed by atoms with Gasteiger partial charge in [-0.05, 0) is 49.6 Å². The summed E-state index contributed by atoms with van der Waals surface area (Å²) in [6.45, 7) is 13.3. The molecule has 212 valence electrons. The molecule has 0 radical (unpaired) electrons. The van der Waals surface area contributed by atoms with Gasteiger partial charge in [-0.25, -0.2) is 4.39 Å². The number of fused-ring (bicyclic) bond motifs is 1. The number of aromatic nitrogens is 1. The van der Waals surface area contributed by atoms with E-state index >= 15 is 0 Å². The van der Waals surface area contributed by atoms with E-state index in [1.54, 1.807) is 12.1 Å². The van der Waals surface area contributed by atoms with Gasteiger partial charge in [-0.15, -0.1) is 0 Å². The van der Waals surface area contributed by atoms with Crippen LogP contribution < -0.4 is 10.2 Å². The summed E-state index contributed by atoms with van der Waals surface area (Å²) < 4.78 is 19.1. The molecule has 9 heteroatoms. The number of ether oxygens (including phenoxy) is 1. The van der Waals surface area contributed by atoms with Gasteiger partial charge in [0.2, 0.25) is 5.91 Å². The monoisotopic (exact) mass is 539 g/mol. The van der Waals surface area contributed by atoms with Crippen LogP contribution in [0.25, 0.3) is 0 Å². The molecule has 2 saturated heterocycles. The Labute approximate surface area is 231 Å². The number of pyridine rings is 1. The quantitative estimate of drug-likeness (QED) is 0.558. The molecule has 2 N–H and O–H groups in total. The van der Waals surface area contributed by atoms with Crippen molar-refractivity contribution in [1.29, 1.82) is 0 Å². The van der Waals surface area contributed by atoms with Gasteiger partial charge in [-0.3, -0.25) is 19.6 Å². The molecular formula is C30H42FN5O3. The largest absolute Gasteiger partial charge is 0.394 e. The van der Waals surface area contributed by atoms with Crippen LogP contribution >= 0.6 is 0 Å². The molecule has 0 spiro atoms. The zero-order valence-electron chi connectivity index (χ0n) is 23.6. The molecule has 3 aliphatic heterocycles. The van der Waals surface area contributed by atoms with Crippen molar-refractivity contribution in [3.05, 3.63) is 59.2 Å². The van der Waals surface area contributed by atoms with Crippen LogP contribution in [0.4, 0.5) is 10.1 Å². The van der Waals surface area contributed by atoms with Crippen LogP contribution in [0.15, 0.2) is 36.5 Å². The molecule has 1 amide bonds. The zero-order chi connectivity index (χ0) is 27.7. The van der Waals surface area contributed by atoms with Crippen molar-refractivity contribution in [2.45, 2.75) is 63.8 Å². The Morgan fingerprint density at radius 1 is 1.18 bits per heavy atom. The summed E-state index contributed by atoms with van der Waals surface area (Å²) in [5.41, 5.74) is 3.60. The lowest BCUT2D eigenvalue weighted by atomic mass is 9.91. The third kappa shape index (κ3) is 6.33. The van der Waals surface area contributed by atoms with Crippen molar-refractivity contribution < 1.29 is 19.0 Å². The van der Waals surface area contributed by atoms with E-state index in [9.17, 15) is 14.3 Å². The molecule has 2 fully saturated rings. The van der Waals surface area contributed by atoms with Gasteiger partial charge >= 0.3 is 0 Å². The second-order valence-corrected chi connectivity index (χ2v) is 12.2. The molecule has 4 heterocycles. The second-order valence-electron chi connectivity index (χ2n) is 12.2. The summed E-state index contributed by atoms with van der Waals surface area (Å²) in [7, 11) is 0. The molecule has 5 rings (SSSR count). The third-order valence-electron chi connectivity index (χ3n) is 8.38. The van der Waals surface area contributed by atoms with E-state index in [0.717, 1.165) is 42.1 Å². The lowest BCUT2D eigenvalue weighted by molar-refractivity contribution is -0.121. The van der Waals surface area contributed by atoms with E-state index in [0.29, 0.717) is 38.7 Å². The second kappa shape index (κ2) is 11.6. The molecule has 0 saturated carbocycles. The fourth-order valence-electron chi connectivity index (χ4n) is 6.11. The number of hydrogen-bond acceptors (Lipinski definition) is 7. The summed E-state index contributed by atoms with van der Waals surface area (Å²) in [5, 5.41) is 13.2. The predicted octanol–water partition coefficient (Wildman–Crippen LogP) is 2.18. The smallest absolute Gasteiger partial charge is 0.241 e. The molecule has 3 aliphatic rings. The fraction of sp³-hybridized carbons (Fsp3) is 0.600. The fourth-order valence-corrected chi connectivity index (χ4v) is 6.11. The Bertz CT molecular complexity index is 1160. The lowest BCUT2D eigenvalue weighted by Crippen LogP contribution is -2.62.